The monoisotopic (exact) mass is 320 g/mol. The zero-order chi connectivity index (χ0) is 16.4. The highest BCUT2D eigenvalue weighted by Gasteiger charge is 2.38. The molecular formula is C17H24N2O4. The number of β-amino-alcohol motifs (C(OH)–C–C–N with tert-alkyl or cyclic N) is 1. The van der Waals surface area contributed by atoms with Crippen LogP contribution in [-0.2, 0) is 4.74 Å². The van der Waals surface area contributed by atoms with Crippen molar-refractivity contribution in [3.8, 4) is 0 Å². The van der Waals surface area contributed by atoms with E-state index < -0.39 is 11.7 Å². The lowest BCUT2D eigenvalue weighted by Crippen LogP contribution is -2.55. The summed E-state index contributed by atoms with van der Waals surface area (Å²) in [6.45, 7) is 5.26. The van der Waals surface area contributed by atoms with Gasteiger partial charge < -0.3 is 24.7 Å². The Bertz CT molecular complexity index is 569. The molecule has 0 aliphatic carbocycles. The normalized spacial score (nSPS) is 28.7. The van der Waals surface area contributed by atoms with Crippen molar-refractivity contribution >= 4 is 11.6 Å². The average molecular weight is 320 g/mol. The number of aliphatic hydroxyl groups is 2. The fourth-order valence-electron chi connectivity index (χ4n) is 3.05. The van der Waals surface area contributed by atoms with Gasteiger partial charge in [-0.25, -0.2) is 0 Å². The van der Waals surface area contributed by atoms with Gasteiger partial charge in [0, 0.05) is 37.4 Å². The van der Waals surface area contributed by atoms with Crippen LogP contribution in [0.5, 0.6) is 0 Å². The minimum atomic E-state index is -1.12. The molecule has 2 saturated heterocycles. The fourth-order valence-corrected chi connectivity index (χ4v) is 3.05. The quantitative estimate of drug-likeness (QED) is 0.829. The first-order valence-electron chi connectivity index (χ1n) is 8.10. The van der Waals surface area contributed by atoms with Crippen molar-refractivity contribution < 1.29 is 19.7 Å². The summed E-state index contributed by atoms with van der Waals surface area (Å²) in [4.78, 5) is 16.5. The van der Waals surface area contributed by atoms with Crippen LogP contribution in [0, 0.1) is 0 Å². The van der Waals surface area contributed by atoms with Crippen molar-refractivity contribution in [1.82, 2.24) is 4.90 Å². The van der Waals surface area contributed by atoms with Crippen LogP contribution >= 0.6 is 0 Å². The number of aliphatic hydroxyl groups excluding tert-OH is 1. The van der Waals surface area contributed by atoms with Gasteiger partial charge in [0.25, 0.3) is 5.91 Å². The molecule has 2 atom stereocenters. The van der Waals surface area contributed by atoms with E-state index in [2.05, 4.69) is 4.90 Å². The summed E-state index contributed by atoms with van der Waals surface area (Å²) in [5.41, 5.74) is 0.512. The van der Waals surface area contributed by atoms with E-state index >= 15 is 0 Å². The van der Waals surface area contributed by atoms with Crippen LogP contribution in [0.1, 0.15) is 23.7 Å². The third kappa shape index (κ3) is 3.49. The number of likely N-dealkylation sites (tertiary alicyclic amines) is 1. The lowest BCUT2D eigenvalue weighted by atomic mass is 9.90. The Kier molecular flexibility index (Phi) is 4.57. The average Bonchev–Trinajstić information content (AvgIpc) is 2.58. The van der Waals surface area contributed by atoms with Crippen molar-refractivity contribution in [3.05, 3.63) is 29.8 Å². The molecule has 1 amide bonds. The number of rotatable bonds is 2. The number of amides is 1. The summed E-state index contributed by atoms with van der Waals surface area (Å²) in [7, 11) is 0. The lowest BCUT2D eigenvalue weighted by molar-refractivity contribution is -0.0999. The molecule has 6 nitrogen and oxygen atoms in total. The van der Waals surface area contributed by atoms with Gasteiger partial charge in [0.05, 0.1) is 24.9 Å². The van der Waals surface area contributed by atoms with Crippen molar-refractivity contribution in [3.63, 3.8) is 0 Å². The summed E-state index contributed by atoms with van der Waals surface area (Å²) >= 11 is 0. The molecule has 2 aliphatic heterocycles. The number of morpholine rings is 1. The van der Waals surface area contributed by atoms with E-state index in [0.29, 0.717) is 31.7 Å². The van der Waals surface area contributed by atoms with Crippen LogP contribution in [0.15, 0.2) is 24.3 Å². The molecule has 126 valence electrons. The molecule has 23 heavy (non-hydrogen) atoms. The van der Waals surface area contributed by atoms with Crippen LogP contribution in [-0.4, -0.2) is 72.1 Å². The summed E-state index contributed by atoms with van der Waals surface area (Å²) in [6, 6.07) is 7.57. The number of benzene rings is 1. The number of piperidine rings is 1. The molecule has 0 bridgehead atoms. The Morgan fingerprint density at radius 1 is 1.30 bits per heavy atom. The number of nitrogens with zero attached hydrogens (tertiary/aromatic N) is 2. The maximum Gasteiger partial charge on any atom is 0.254 e. The SMILES string of the molecule is C[C@@]1(O)CCN(C(=O)c2cccc(N3CCOCC3)c2)C[C@@H]1O. The maximum absolute atomic E-state index is 12.7. The van der Waals surface area contributed by atoms with E-state index in [1.807, 2.05) is 18.2 Å². The second kappa shape index (κ2) is 6.47. The number of ether oxygens (including phenoxy) is 1. The van der Waals surface area contributed by atoms with E-state index in [0.717, 1.165) is 18.8 Å². The molecule has 0 spiro atoms. The van der Waals surface area contributed by atoms with Gasteiger partial charge in [-0.1, -0.05) is 6.07 Å². The molecule has 2 heterocycles. The first-order chi connectivity index (χ1) is 11.0. The predicted octanol–water partition coefficient (Wildman–Crippen LogP) is 0.481. The molecule has 1 aromatic carbocycles. The Labute approximate surface area is 136 Å². The van der Waals surface area contributed by atoms with Gasteiger partial charge >= 0.3 is 0 Å². The second-order valence-electron chi connectivity index (χ2n) is 6.52. The predicted molar refractivity (Wildman–Crippen MR) is 86.6 cm³/mol. The van der Waals surface area contributed by atoms with Gasteiger partial charge in [0.1, 0.15) is 0 Å². The summed E-state index contributed by atoms with van der Waals surface area (Å²) < 4.78 is 5.36. The third-order valence-corrected chi connectivity index (χ3v) is 4.76. The standard InChI is InChI=1S/C17H24N2O4/c1-17(22)5-6-19(12-15(17)20)16(21)13-3-2-4-14(11-13)18-7-9-23-10-8-18/h2-4,11,15,20,22H,5-10,12H2,1H3/t15-,17+/m0/s1. The van der Waals surface area contributed by atoms with Gasteiger partial charge in [-0.15, -0.1) is 0 Å². The highest BCUT2D eigenvalue weighted by atomic mass is 16.5. The Hall–Kier alpha value is -1.63. The van der Waals surface area contributed by atoms with Crippen LogP contribution in [0.25, 0.3) is 0 Å². The Balaban J connectivity index is 1.72. The summed E-state index contributed by atoms with van der Waals surface area (Å²) in [5, 5.41) is 20.0. The smallest absolute Gasteiger partial charge is 0.254 e. The molecule has 0 unspecified atom stereocenters. The maximum atomic E-state index is 12.7. The topological polar surface area (TPSA) is 73.2 Å². The summed E-state index contributed by atoms with van der Waals surface area (Å²) in [6.07, 6.45) is -0.536. The third-order valence-electron chi connectivity index (χ3n) is 4.76. The number of hydrogen-bond acceptors (Lipinski definition) is 5. The van der Waals surface area contributed by atoms with Crippen molar-refractivity contribution in [1.29, 1.82) is 0 Å². The van der Waals surface area contributed by atoms with Crippen LogP contribution in [0.2, 0.25) is 0 Å². The van der Waals surface area contributed by atoms with E-state index in [-0.39, 0.29) is 12.5 Å². The van der Waals surface area contributed by atoms with Crippen LogP contribution in [0.4, 0.5) is 5.69 Å². The Morgan fingerprint density at radius 2 is 2.04 bits per heavy atom. The largest absolute Gasteiger partial charge is 0.388 e. The van der Waals surface area contributed by atoms with Gasteiger partial charge in [0.15, 0.2) is 0 Å². The van der Waals surface area contributed by atoms with Crippen LogP contribution in [0.3, 0.4) is 0 Å². The van der Waals surface area contributed by atoms with Gasteiger partial charge in [-0.05, 0) is 31.5 Å². The van der Waals surface area contributed by atoms with E-state index in [4.69, 9.17) is 4.74 Å². The molecule has 3 rings (SSSR count). The van der Waals surface area contributed by atoms with Gasteiger partial charge in [-0.2, -0.15) is 0 Å². The van der Waals surface area contributed by atoms with E-state index in [9.17, 15) is 15.0 Å². The minimum Gasteiger partial charge on any atom is -0.388 e. The van der Waals surface area contributed by atoms with Crippen molar-refractivity contribution in [2.24, 2.45) is 0 Å². The van der Waals surface area contributed by atoms with E-state index in [1.54, 1.807) is 17.9 Å². The summed E-state index contributed by atoms with van der Waals surface area (Å²) in [5.74, 6) is -0.102. The zero-order valence-electron chi connectivity index (χ0n) is 13.4. The minimum absolute atomic E-state index is 0.102. The molecule has 6 heteroatoms. The number of carbonyl (C=O) groups is 1. The molecule has 0 radical (unpaired) electrons. The molecule has 0 saturated carbocycles. The highest BCUT2D eigenvalue weighted by Crippen LogP contribution is 2.24. The molecule has 0 aromatic heterocycles. The van der Waals surface area contributed by atoms with Crippen molar-refractivity contribution in [2.45, 2.75) is 25.0 Å². The molecular weight excluding hydrogens is 296 g/mol. The molecule has 2 fully saturated rings. The van der Waals surface area contributed by atoms with Gasteiger partial charge in [-0.3, -0.25) is 4.79 Å². The number of hydrogen-bond donors (Lipinski definition) is 2. The van der Waals surface area contributed by atoms with E-state index in [1.165, 1.54) is 0 Å². The zero-order valence-corrected chi connectivity index (χ0v) is 13.4. The molecule has 2 aliphatic rings. The first-order valence-corrected chi connectivity index (χ1v) is 8.10. The second-order valence-corrected chi connectivity index (χ2v) is 6.52. The molecule has 1 aromatic rings. The number of carbonyl (C=O) groups excluding carboxylic acids is 1. The Morgan fingerprint density at radius 3 is 2.74 bits per heavy atom. The first kappa shape index (κ1) is 16.2. The number of anilines is 1. The van der Waals surface area contributed by atoms with Crippen LogP contribution < -0.4 is 4.90 Å². The lowest BCUT2D eigenvalue weighted by Gasteiger charge is -2.40. The highest BCUT2D eigenvalue weighted by molar-refractivity contribution is 5.95. The van der Waals surface area contributed by atoms with Gasteiger partial charge in [0.2, 0.25) is 0 Å². The molecule has 2 N–H and O–H groups in total. The fraction of sp³-hybridized carbons (Fsp3) is 0.588. The van der Waals surface area contributed by atoms with Crippen molar-refractivity contribution in [2.75, 3.05) is 44.3 Å².